The number of aliphatic hydroxyl groups is 1. The van der Waals surface area contributed by atoms with Crippen molar-refractivity contribution >= 4 is 21.8 Å². The number of unbranched alkanes of at least 4 members (excludes halogenated alkanes) is 6. The number of rotatable bonds is 14. The van der Waals surface area contributed by atoms with E-state index in [4.69, 9.17) is 0 Å². The number of aliphatic hydroxyl groups excluding tert-OH is 1. The summed E-state index contributed by atoms with van der Waals surface area (Å²) >= 11 is 0. The number of hydrogen-bond donors (Lipinski definition) is 3. The largest absolute Gasteiger partial charge is 0.417 e. The molecular formula is C33H42F3N3O2. The summed E-state index contributed by atoms with van der Waals surface area (Å²) in [5, 5.41) is 14.6. The summed E-state index contributed by atoms with van der Waals surface area (Å²) in [6.07, 6.45) is 3.27. The number of aromatic nitrogens is 2. The highest BCUT2D eigenvalue weighted by Gasteiger charge is 2.34. The number of alkyl halides is 3. The Bertz CT molecular complexity index is 1490. The van der Waals surface area contributed by atoms with Crippen LogP contribution in [-0.2, 0) is 19.1 Å². The van der Waals surface area contributed by atoms with Crippen molar-refractivity contribution in [2.45, 2.75) is 97.0 Å². The van der Waals surface area contributed by atoms with Crippen LogP contribution in [-0.4, -0.2) is 27.2 Å². The summed E-state index contributed by atoms with van der Waals surface area (Å²) in [5.41, 5.74) is 2.22. The van der Waals surface area contributed by atoms with Gasteiger partial charge in [0, 0.05) is 46.2 Å². The lowest BCUT2D eigenvalue weighted by Crippen LogP contribution is -2.32. The number of aromatic amines is 1. The Hall–Kier alpha value is -3.10. The van der Waals surface area contributed by atoms with Crippen LogP contribution in [0.15, 0.2) is 53.3 Å². The third-order valence-electron chi connectivity index (χ3n) is 8.19. The molecule has 2 aromatic carbocycles. The van der Waals surface area contributed by atoms with Gasteiger partial charge in [-0.05, 0) is 62.9 Å². The molecular weight excluding hydrogens is 527 g/mol. The lowest BCUT2D eigenvalue weighted by molar-refractivity contribution is -0.136. The average Bonchev–Trinajstić information content (AvgIpc) is 3.23. The van der Waals surface area contributed by atoms with E-state index in [-0.39, 0.29) is 16.9 Å². The van der Waals surface area contributed by atoms with Crippen molar-refractivity contribution in [3.63, 3.8) is 0 Å². The smallest absolute Gasteiger partial charge is 0.387 e. The van der Waals surface area contributed by atoms with Crippen molar-refractivity contribution in [3.8, 4) is 0 Å². The van der Waals surface area contributed by atoms with Gasteiger partial charge in [-0.25, -0.2) is 0 Å². The van der Waals surface area contributed by atoms with E-state index in [0.717, 1.165) is 86.8 Å². The second-order valence-corrected chi connectivity index (χ2v) is 11.1. The zero-order valence-electron chi connectivity index (χ0n) is 24.3. The van der Waals surface area contributed by atoms with E-state index >= 15 is 0 Å². The quantitative estimate of drug-likeness (QED) is 0.136. The molecule has 0 saturated carbocycles. The molecule has 4 aromatic rings. The Labute approximate surface area is 239 Å². The van der Waals surface area contributed by atoms with Crippen LogP contribution in [0, 0.1) is 6.92 Å². The first-order valence-electron chi connectivity index (χ1n) is 14.8. The van der Waals surface area contributed by atoms with Gasteiger partial charge >= 0.3 is 6.18 Å². The van der Waals surface area contributed by atoms with E-state index < -0.39 is 23.4 Å². The van der Waals surface area contributed by atoms with Crippen LogP contribution in [0.5, 0.6) is 0 Å². The first-order chi connectivity index (χ1) is 19.6. The molecule has 0 radical (unpaired) electrons. The summed E-state index contributed by atoms with van der Waals surface area (Å²) in [7, 11) is 0. The minimum atomic E-state index is -4.61. The monoisotopic (exact) mass is 569 g/mol. The van der Waals surface area contributed by atoms with Crippen LogP contribution in [0.1, 0.15) is 87.3 Å². The molecule has 0 saturated heterocycles. The second kappa shape index (κ2) is 13.7. The maximum atomic E-state index is 13.9. The Balaban J connectivity index is 1.27. The zero-order chi connectivity index (χ0) is 29.6. The highest BCUT2D eigenvalue weighted by atomic mass is 19.4. The van der Waals surface area contributed by atoms with Gasteiger partial charge in [-0.1, -0.05) is 69.4 Å². The number of fused-ring (bicyclic) bond motifs is 3. The molecule has 0 spiro atoms. The first-order valence-corrected chi connectivity index (χ1v) is 14.8. The van der Waals surface area contributed by atoms with Gasteiger partial charge in [-0.3, -0.25) is 4.79 Å². The van der Waals surface area contributed by atoms with Crippen molar-refractivity contribution < 1.29 is 18.3 Å². The lowest BCUT2D eigenvalue weighted by Gasteiger charge is -2.20. The van der Waals surface area contributed by atoms with Crippen molar-refractivity contribution in [2.24, 2.45) is 0 Å². The molecule has 2 aromatic heterocycles. The molecule has 0 amide bonds. The number of benzene rings is 2. The maximum Gasteiger partial charge on any atom is 0.417 e. The van der Waals surface area contributed by atoms with Crippen LogP contribution in [0.4, 0.5) is 13.2 Å². The molecule has 5 nitrogen and oxygen atoms in total. The highest BCUT2D eigenvalue weighted by Crippen LogP contribution is 2.39. The molecule has 2 atom stereocenters. The molecule has 8 heteroatoms. The first kappa shape index (κ1) is 30.8. The van der Waals surface area contributed by atoms with Crippen LogP contribution >= 0.6 is 0 Å². The molecule has 41 heavy (non-hydrogen) atoms. The fourth-order valence-electron chi connectivity index (χ4n) is 6.04. The van der Waals surface area contributed by atoms with E-state index in [1.54, 1.807) is 6.07 Å². The zero-order valence-corrected chi connectivity index (χ0v) is 24.3. The standard InChI is InChI=1S/C33H42F3N3O2/c1-4-27-22(2)30-28(18-17-26-31(30)25(33(34,35)36)21-29(40)38-26)39(27)20-14-9-7-5-6-8-13-19-37-23(3)32(41)24-15-11-10-12-16-24/h10-12,15-18,21,23,32,37,41H,4-9,13-14,19-20H2,1-3H3,(H,38,40)/t23-,32?/m0/s1. The molecule has 4 rings (SSSR count). The Morgan fingerprint density at radius 1 is 0.951 bits per heavy atom. The third kappa shape index (κ3) is 7.22. The van der Waals surface area contributed by atoms with Crippen molar-refractivity contribution in [2.75, 3.05) is 6.54 Å². The van der Waals surface area contributed by atoms with Gasteiger partial charge in [0.15, 0.2) is 0 Å². The molecule has 0 aliphatic rings. The third-order valence-corrected chi connectivity index (χ3v) is 8.19. The number of pyridine rings is 1. The lowest BCUT2D eigenvalue weighted by atomic mass is 10.0. The predicted molar refractivity (Wildman–Crippen MR) is 160 cm³/mol. The predicted octanol–water partition coefficient (Wildman–Crippen LogP) is 7.81. The van der Waals surface area contributed by atoms with Crippen LogP contribution in [0.25, 0.3) is 21.8 Å². The summed E-state index contributed by atoms with van der Waals surface area (Å²) in [6.45, 7) is 7.57. The van der Waals surface area contributed by atoms with Gasteiger partial charge in [0.2, 0.25) is 5.56 Å². The molecule has 0 aliphatic heterocycles. The van der Waals surface area contributed by atoms with Gasteiger partial charge in [0.25, 0.3) is 0 Å². The van der Waals surface area contributed by atoms with Crippen LogP contribution < -0.4 is 10.9 Å². The Morgan fingerprint density at radius 3 is 2.27 bits per heavy atom. The van der Waals surface area contributed by atoms with Crippen molar-refractivity contribution in [1.82, 2.24) is 14.9 Å². The number of halogens is 3. The minimum Gasteiger partial charge on any atom is -0.387 e. The highest BCUT2D eigenvalue weighted by molar-refractivity contribution is 6.09. The SMILES string of the molecule is CCc1c(C)c2c3c(C(F)(F)F)cc(=O)[nH]c3ccc2n1CCCCCCCCCN[C@@H](C)C(O)c1ccccc1. The van der Waals surface area contributed by atoms with Crippen LogP contribution in [0.2, 0.25) is 0 Å². The Kier molecular flexibility index (Phi) is 10.3. The number of aryl methyl sites for hydroxylation is 2. The molecule has 0 fully saturated rings. The normalized spacial score (nSPS) is 13.7. The van der Waals surface area contributed by atoms with E-state index in [0.29, 0.717) is 11.5 Å². The molecule has 2 heterocycles. The fourth-order valence-corrected chi connectivity index (χ4v) is 6.04. The number of hydrogen-bond acceptors (Lipinski definition) is 3. The van der Waals surface area contributed by atoms with Crippen LogP contribution in [0.3, 0.4) is 0 Å². The summed E-state index contributed by atoms with van der Waals surface area (Å²) in [5.74, 6) is 0. The van der Waals surface area contributed by atoms with Gasteiger partial charge < -0.3 is 20.0 Å². The summed E-state index contributed by atoms with van der Waals surface area (Å²) < 4.78 is 43.9. The molecule has 222 valence electrons. The second-order valence-electron chi connectivity index (χ2n) is 11.1. The average molecular weight is 570 g/mol. The van der Waals surface area contributed by atoms with Gasteiger partial charge in [0.1, 0.15) is 0 Å². The van der Waals surface area contributed by atoms with Gasteiger partial charge in [-0.2, -0.15) is 13.2 Å². The van der Waals surface area contributed by atoms with Gasteiger partial charge in [0.05, 0.1) is 11.7 Å². The molecule has 3 N–H and O–H groups in total. The van der Waals surface area contributed by atoms with Gasteiger partial charge in [-0.15, -0.1) is 0 Å². The number of H-pyrrole nitrogens is 1. The molecule has 0 bridgehead atoms. The molecule has 1 unspecified atom stereocenters. The van der Waals surface area contributed by atoms with E-state index in [1.165, 1.54) is 0 Å². The summed E-state index contributed by atoms with van der Waals surface area (Å²) in [4.78, 5) is 14.5. The maximum absolute atomic E-state index is 13.9. The number of nitrogens with zero attached hydrogens (tertiary/aromatic N) is 1. The number of nitrogens with one attached hydrogen (secondary N) is 2. The van der Waals surface area contributed by atoms with Crippen molar-refractivity contribution in [3.05, 3.63) is 81.3 Å². The summed E-state index contributed by atoms with van der Waals surface area (Å²) in [6, 6.07) is 13.8. The topological polar surface area (TPSA) is 70.0 Å². The van der Waals surface area contributed by atoms with E-state index in [1.807, 2.05) is 57.2 Å². The fraction of sp³-hybridized carbons (Fsp3) is 0.485. The minimum absolute atomic E-state index is 0.000791. The van der Waals surface area contributed by atoms with E-state index in [9.17, 15) is 23.1 Å². The molecule has 0 aliphatic carbocycles. The van der Waals surface area contributed by atoms with Crippen molar-refractivity contribution in [1.29, 1.82) is 0 Å². The van der Waals surface area contributed by atoms with E-state index in [2.05, 4.69) is 14.9 Å². The Morgan fingerprint density at radius 2 is 1.61 bits per heavy atom.